The van der Waals surface area contributed by atoms with Gasteiger partial charge in [-0.25, -0.2) is 0 Å². The summed E-state index contributed by atoms with van der Waals surface area (Å²) in [6.07, 6.45) is 1.95. The fourth-order valence-corrected chi connectivity index (χ4v) is 3.60. The van der Waals surface area contributed by atoms with Crippen LogP contribution in [0.1, 0.15) is 34.8 Å². The Labute approximate surface area is 164 Å². The van der Waals surface area contributed by atoms with Crippen LogP contribution in [0.5, 0.6) is 17.4 Å². The predicted octanol–water partition coefficient (Wildman–Crippen LogP) is 4.23. The van der Waals surface area contributed by atoms with Gasteiger partial charge in [-0.05, 0) is 37.1 Å². The highest BCUT2D eigenvalue weighted by atomic mass is 16.5. The van der Waals surface area contributed by atoms with E-state index in [1.54, 1.807) is 7.11 Å². The van der Waals surface area contributed by atoms with E-state index in [1.807, 2.05) is 65.6 Å². The minimum absolute atomic E-state index is 0.00224. The molecule has 0 aliphatic carbocycles. The summed E-state index contributed by atoms with van der Waals surface area (Å²) >= 11 is 0. The molecule has 1 atom stereocenters. The standard InChI is InChI=1S/C22H23N3O3/c1-27-20-12-6-5-11-18(20)22(26)25-13-7-8-16(15-25)19-14-21(24-23-19)28-17-9-3-2-4-10-17/h2-6,9-12,14,16H,7-8,13,15H2,1H3,(H,23,24)/t16-/m0/s1. The Kier molecular flexibility index (Phi) is 5.28. The number of carbonyl (C=O) groups excluding carboxylic acids is 1. The minimum Gasteiger partial charge on any atom is -0.496 e. The smallest absolute Gasteiger partial charge is 0.257 e. The summed E-state index contributed by atoms with van der Waals surface area (Å²) in [7, 11) is 1.59. The summed E-state index contributed by atoms with van der Waals surface area (Å²) in [5.41, 5.74) is 1.59. The topological polar surface area (TPSA) is 67.4 Å². The van der Waals surface area contributed by atoms with Gasteiger partial charge in [-0.1, -0.05) is 30.3 Å². The van der Waals surface area contributed by atoms with Crippen LogP contribution in [-0.2, 0) is 0 Å². The molecular weight excluding hydrogens is 354 g/mol. The van der Waals surface area contributed by atoms with E-state index in [-0.39, 0.29) is 11.8 Å². The Morgan fingerprint density at radius 3 is 2.75 bits per heavy atom. The second-order valence-electron chi connectivity index (χ2n) is 6.87. The largest absolute Gasteiger partial charge is 0.496 e. The number of hydrogen-bond acceptors (Lipinski definition) is 4. The van der Waals surface area contributed by atoms with E-state index in [0.29, 0.717) is 23.7 Å². The number of amides is 1. The highest BCUT2D eigenvalue weighted by Gasteiger charge is 2.28. The molecule has 6 heteroatoms. The van der Waals surface area contributed by atoms with Gasteiger partial charge in [0.1, 0.15) is 11.5 Å². The maximum absolute atomic E-state index is 13.0. The fourth-order valence-electron chi connectivity index (χ4n) is 3.60. The normalized spacial score (nSPS) is 16.6. The lowest BCUT2D eigenvalue weighted by Crippen LogP contribution is -2.39. The molecule has 1 fully saturated rings. The molecule has 144 valence electrons. The second kappa shape index (κ2) is 8.17. The summed E-state index contributed by atoms with van der Waals surface area (Å²) in [6.45, 7) is 1.39. The summed E-state index contributed by atoms with van der Waals surface area (Å²) in [5.74, 6) is 2.09. The molecule has 0 unspecified atom stereocenters. The number of aromatic nitrogens is 2. The third-order valence-corrected chi connectivity index (χ3v) is 5.03. The van der Waals surface area contributed by atoms with Gasteiger partial charge in [0.05, 0.1) is 12.7 Å². The van der Waals surface area contributed by atoms with Crippen LogP contribution >= 0.6 is 0 Å². The number of likely N-dealkylation sites (tertiary alicyclic amines) is 1. The van der Waals surface area contributed by atoms with Gasteiger partial charge in [0.25, 0.3) is 5.91 Å². The molecule has 4 rings (SSSR count). The number of aromatic amines is 1. The van der Waals surface area contributed by atoms with Gasteiger partial charge in [0.2, 0.25) is 5.88 Å². The Morgan fingerprint density at radius 2 is 1.93 bits per heavy atom. The molecule has 0 spiro atoms. The number of nitrogens with zero attached hydrogens (tertiary/aromatic N) is 2. The van der Waals surface area contributed by atoms with Crippen LogP contribution < -0.4 is 9.47 Å². The summed E-state index contributed by atoms with van der Waals surface area (Å²) in [4.78, 5) is 14.9. The average molecular weight is 377 g/mol. The van der Waals surface area contributed by atoms with Gasteiger partial charge in [0, 0.05) is 30.8 Å². The maximum Gasteiger partial charge on any atom is 0.257 e. The van der Waals surface area contributed by atoms with Crippen molar-refractivity contribution in [1.82, 2.24) is 15.1 Å². The van der Waals surface area contributed by atoms with Crippen LogP contribution in [0.2, 0.25) is 0 Å². The van der Waals surface area contributed by atoms with Crippen molar-refractivity contribution < 1.29 is 14.3 Å². The number of benzene rings is 2. The van der Waals surface area contributed by atoms with Crippen LogP contribution in [0.4, 0.5) is 0 Å². The van der Waals surface area contributed by atoms with Crippen LogP contribution in [-0.4, -0.2) is 41.2 Å². The van der Waals surface area contributed by atoms with Crippen molar-refractivity contribution in [2.45, 2.75) is 18.8 Å². The molecule has 3 aromatic rings. The van der Waals surface area contributed by atoms with E-state index in [9.17, 15) is 4.79 Å². The van der Waals surface area contributed by atoms with E-state index >= 15 is 0 Å². The van der Waals surface area contributed by atoms with Gasteiger partial charge >= 0.3 is 0 Å². The third-order valence-electron chi connectivity index (χ3n) is 5.03. The summed E-state index contributed by atoms with van der Waals surface area (Å²) in [5, 5.41) is 7.35. The Balaban J connectivity index is 1.46. The van der Waals surface area contributed by atoms with Crippen LogP contribution in [0.25, 0.3) is 0 Å². The SMILES string of the molecule is COc1ccccc1C(=O)N1CCC[C@H](c2cc(Oc3ccccc3)n[nH]2)C1. The van der Waals surface area contributed by atoms with E-state index in [0.717, 1.165) is 30.8 Å². The zero-order valence-corrected chi connectivity index (χ0v) is 15.8. The molecule has 1 aromatic heterocycles. The lowest BCUT2D eigenvalue weighted by Gasteiger charge is -2.32. The number of ether oxygens (including phenoxy) is 2. The van der Waals surface area contributed by atoms with E-state index in [2.05, 4.69) is 10.2 Å². The zero-order chi connectivity index (χ0) is 19.3. The molecular formula is C22H23N3O3. The van der Waals surface area contributed by atoms with Crippen molar-refractivity contribution in [2.24, 2.45) is 0 Å². The molecule has 1 N–H and O–H groups in total. The van der Waals surface area contributed by atoms with E-state index < -0.39 is 0 Å². The van der Waals surface area contributed by atoms with Crippen LogP contribution in [0, 0.1) is 0 Å². The molecule has 1 aliphatic heterocycles. The lowest BCUT2D eigenvalue weighted by molar-refractivity contribution is 0.0702. The molecule has 0 bridgehead atoms. The molecule has 0 radical (unpaired) electrons. The molecule has 2 aromatic carbocycles. The Hall–Kier alpha value is -3.28. The summed E-state index contributed by atoms with van der Waals surface area (Å²) < 4.78 is 11.1. The van der Waals surface area contributed by atoms with Gasteiger partial charge in [-0.3, -0.25) is 9.89 Å². The zero-order valence-electron chi connectivity index (χ0n) is 15.8. The van der Waals surface area contributed by atoms with Gasteiger partial charge in [-0.15, -0.1) is 5.10 Å². The fraction of sp³-hybridized carbons (Fsp3) is 0.273. The van der Waals surface area contributed by atoms with Crippen molar-refractivity contribution in [1.29, 1.82) is 0 Å². The highest BCUT2D eigenvalue weighted by Crippen LogP contribution is 2.30. The van der Waals surface area contributed by atoms with Gasteiger partial charge in [0.15, 0.2) is 0 Å². The number of carbonyl (C=O) groups is 1. The molecule has 28 heavy (non-hydrogen) atoms. The quantitative estimate of drug-likeness (QED) is 0.722. The first kappa shape index (κ1) is 18.1. The Bertz CT molecular complexity index is 939. The number of nitrogens with one attached hydrogen (secondary N) is 1. The van der Waals surface area contributed by atoms with Crippen molar-refractivity contribution in [3.63, 3.8) is 0 Å². The summed E-state index contributed by atoms with van der Waals surface area (Å²) in [6, 6.07) is 18.9. The molecule has 1 aliphatic rings. The number of methoxy groups -OCH3 is 1. The Morgan fingerprint density at radius 1 is 1.14 bits per heavy atom. The average Bonchev–Trinajstić information content (AvgIpc) is 3.22. The highest BCUT2D eigenvalue weighted by molar-refractivity contribution is 5.97. The monoisotopic (exact) mass is 377 g/mol. The van der Waals surface area contributed by atoms with Crippen molar-refractivity contribution in [3.05, 3.63) is 71.9 Å². The van der Waals surface area contributed by atoms with Crippen LogP contribution in [0.3, 0.4) is 0 Å². The number of rotatable bonds is 5. The first-order chi connectivity index (χ1) is 13.7. The predicted molar refractivity (Wildman–Crippen MR) is 106 cm³/mol. The third kappa shape index (κ3) is 3.86. The first-order valence-electron chi connectivity index (χ1n) is 9.45. The van der Waals surface area contributed by atoms with Crippen molar-refractivity contribution >= 4 is 5.91 Å². The molecule has 1 saturated heterocycles. The number of H-pyrrole nitrogens is 1. The molecule has 2 heterocycles. The van der Waals surface area contributed by atoms with Crippen molar-refractivity contribution in [3.8, 4) is 17.4 Å². The minimum atomic E-state index is 0.00224. The van der Waals surface area contributed by atoms with E-state index in [1.165, 1.54) is 0 Å². The van der Waals surface area contributed by atoms with Gasteiger partial charge in [-0.2, -0.15) is 0 Å². The molecule has 0 saturated carbocycles. The molecule has 1 amide bonds. The maximum atomic E-state index is 13.0. The number of piperidine rings is 1. The van der Waals surface area contributed by atoms with Gasteiger partial charge < -0.3 is 14.4 Å². The first-order valence-corrected chi connectivity index (χ1v) is 9.45. The molecule has 6 nitrogen and oxygen atoms in total. The number of para-hydroxylation sites is 2. The second-order valence-corrected chi connectivity index (χ2v) is 6.87. The number of hydrogen-bond donors (Lipinski definition) is 1. The van der Waals surface area contributed by atoms with Crippen molar-refractivity contribution in [2.75, 3.05) is 20.2 Å². The van der Waals surface area contributed by atoms with Crippen LogP contribution in [0.15, 0.2) is 60.7 Å². The lowest BCUT2D eigenvalue weighted by atomic mass is 9.94. The van der Waals surface area contributed by atoms with E-state index in [4.69, 9.17) is 9.47 Å².